The highest BCUT2D eigenvalue weighted by Gasteiger charge is 2.19. The normalized spacial score (nSPS) is 10.3. The van der Waals surface area contributed by atoms with Gasteiger partial charge in [-0.05, 0) is 4.92 Å². The lowest BCUT2D eigenvalue weighted by atomic mass is 10.4. The molecule has 0 aliphatic heterocycles. The quantitative estimate of drug-likeness (QED) is 0.472. The molecule has 94 valence electrons. The number of nitrogens with one attached hydrogen (secondary N) is 1. The Bertz CT molecular complexity index is 567. The molecular weight excluding hydrogens is 262 g/mol. The van der Waals surface area contributed by atoms with Crippen molar-refractivity contribution < 1.29 is 4.92 Å². The van der Waals surface area contributed by atoms with Gasteiger partial charge >= 0.3 is 5.82 Å². The number of hydrazine groups is 1. The first-order chi connectivity index (χ1) is 8.60. The fraction of sp³-hybridized carbons (Fsp3) is 0.125. The lowest BCUT2D eigenvalue weighted by Gasteiger charge is -1.99. The number of aromatic nitrogens is 4. The van der Waals surface area contributed by atoms with E-state index >= 15 is 0 Å². The van der Waals surface area contributed by atoms with Gasteiger partial charge in [0, 0.05) is 0 Å². The van der Waals surface area contributed by atoms with Crippen LogP contribution >= 0.6 is 11.6 Å². The molecule has 0 fully saturated rings. The molecule has 2 aromatic heterocycles. The van der Waals surface area contributed by atoms with E-state index < -0.39 is 4.92 Å². The van der Waals surface area contributed by atoms with Crippen molar-refractivity contribution in [2.75, 3.05) is 5.43 Å². The summed E-state index contributed by atoms with van der Waals surface area (Å²) in [6.45, 7) is 0.228. The summed E-state index contributed by atoms with van der Waals surface area (Å²) in [7, 11) is 0. The summed E-state index contributed by atoms with van der Waals surface area (Å²) in [5, 5.41) is 14.3. The lowest BCUT2D eigenvalue weighted by molar-refractivity contribution is -0.389. The first kappa shape index (κ1) is 12.2. The molecule has 0 radical (unpaired) electrons. The smallest absolute Gasteiger partial charge is 0.358 e. The fourth-order valence-corrected chi connectivity index (χ4v) is 1.49. The summed E-state index contributed by atoms with van der Waals surface area (Å²) in [6, 6.07) is 0. The number of nitro groups is 1. The zero-order valence-corrected chi connectivity index (χ0v) is 9.70. The van der Waals surface area contributed by atoms with E-state index in [0.29, 0.717) is 11.5 Å². The number of nitrogens with two attached hydrogens (primary N) is 1. The van der Waals surface area contributed by atoms with Crippen molar-refractivity contribution in [2.24, 2.45) is 5.84 Å². The second-order valence-electron chi connectivity index (χ2n) is 3.29. The summed E-state index contributed by atoms with van der Waals surface area (Å²) >= 11 is 5.67. The summed E-state index contributed by atoms with van der Waals surface area (Å²) in [5.41, 5.74) is 2.91. The number of nitrogens with zero attached hydrogens (tertiary/aromatic N) is 5. The van der Waals surface area contributed by atoms with E-state index in [9.17, 15) is 10.1 Å². The summed E-state index contributed by atoms with van der Waals surface area (Å²) in [6.07, 6.45) is 4.28. The predicted molar refractivity (Wildman–Crippen MR) is 62.8 cm³/mol. The fourth-order valence-electron chi connectivity index (χ4n) is 1.27. The molecule has 0 spiro atoms. The molecular formula is C8H8ClN7O2. The highest BCUT2D eigenvalue weighted by molar-refractivity contribution is 6.32. The van der Waals surface area contributed by atoms with Gasteiger partial charge in [0.2, 0.25) is 0 Å². The van der Waals surface area contributed by atoms with Gasteiger partial charge in [-0.15, -0.1) is 0 Å². The molecule has 0 aromatic carbocycles. The van der Waals surface area contributed by atoms with Crippen molar-refractivity contribution in [2.45, 2.75) is 6.54 Å². The van der Waals surface area contributed by atoms with Crippen LogP contribution in [0.4, 0.5) is 11.6 Å². The minimum absolute atomic E-state index is 0.0202. The third-order valence-corrected chi connectivity index (χ3v) is 2.32. The number of halogens is 1. The van der Waals surface area contributed by atoms with Crippen LogP contribution in [0.5, 0.6) is 0 Å². The first-order valence-electron chi connectivity index (χ1n) is 4.75. The number of rotatable bonds is 4. The van der Waals surface area contributed by atoms with Gasteiger partial charge in [-0.1, -0.05) is 11.6 Å². The number of hydrogen-bond donors (Lipinski definition) is 2. The van der Waals surface area contributed by atoms with Crippen LogP contribution in [0.15, 0.2) is 18.6 Å². The molecule has 10 heteroatoms. The maximum atomic E-state index is 10.6. The minimum atomic E-state index is -0.647. The average molecular weight is 270 g/mol. The third-order valence-electron chi connectivity index (χ3n) is 2.05. The van der Waals surface area contributed by atoms with E-state index in [1.54, 1.807) is 0 Å². The van der Waals surface area contributed by atoms with Gasteiger partial charge in [0.15, 0.2) is 10.8 Å². The highest BCUT2D eigenvalue weighted by Crippen LogP contribution is 2.21. The second kappa shape index (κ2) is 4.94. The molecule has 3 N–H and O–H groups in total. The van der Waals surface area contributed by atoms with Crippen molar-refractivity contribution in [1.29, 1.82) is 0 Å². The summed E-state index contributed by atoms with van der Waals surface area (Å²) < 4.78 is 1.32. The molecule has 2 rings (SSSR count). The van der Waals surface area contributed by atoms with Crippen molar-refractivity contribution in [3.63, 3.8) is 0 Å². The van der Waals surface area contributed by atoms with Crippen LogP contribution in [0.25, 0.3) is 0 Å². The van der Waals surface area contributed by atoms with Gasteiger partial charge in [0.25, 0.3) is 0 Å². The average Bonchev–Trinajstić information content (AvgIpc) is 2.71. The topological polar surface area (TPSA) is 125 Å². The second-order valence-corrected chi connectivity index (χ2v) is 3.70. The van der Waals surface area contributed by atoms with E-state index in [1.165, 1.54) is 23.3 Å². The van der Waals surface area contributed by atoms with Crippen molar-refractivity contribution >= 4 is 23.2 Å². The van der Waals surface area contributed by atoms with Gasteiger partial charge in [-0.25, -0.2) is 10.8 Å². The van der Waals surface area contributed by atoms with Crippen molar-refractivity contribution in [1.82, 2.24) is 19.7 Å². The first-order valence-corrected chi connectivity index (χ1v) is 5.13. The lowest BCUT2D eigenvalue weighted by Crippen LogP contribution is -2.10. The van der Waals surface area contributed by atoms with E-state index in [1.807, 2.05) is 0 Å². The Morgan fingerprint density at radius 3 is 2.78 bits per heavy atom. The highest BCUT2D eigenvalue weighted by atomic mass is 35.5. The van der Waals surface area contributed by atoms with Crippen molar-refractivity contribution in [3.8, 4) is 0 Å². The molecule has 18 heavy (non-hydrogen) atoms. The van der Waals surface area contributed by atoms with E-state index in [4.69, 9.17) is 17.4 Å². The van der Waals surface area contributed by atoms with E-state index in [-0.39, 0.29) is 17.4 Å². The number of anilines is 1. The standard InChI is InChI=1S/C8H8ClN7O2/c9-6-4-15(14-8(6)16(17)18)3-5-1-12-7(13-10)2-11-5/h1-2,4H,3,10H2,(H,12,13). The Morgan fingerprint density at radius 1 is 1.50 bits per heavy atom. The van der Waals surface area contributed by atoms with Crippen LogP contribution in [0, 0.1) is 10.1 Å². The predicted octanol–water partition coefficient (Wildman–Crippen LogP) is 0.569. The largest absolute Gasteiger partial charge is 0.408 e. The Morgan fingerprint density at radius 2 is 2.28 bits per heavy atom. The van der Waals surface area contributed by atoms with Crippen LogP contribution in [0.3, 0.4) is 0 Å². The van der Waals surface area contributed by atoms with Crippen molar-refractivity contribution in [3.05, 3.63) is 39.4 Å². The van der Waals surface area contributed by atoms with Gasteiger partial charge in [0.1, 0.15) is 6.54 Å². The molecule has 2 aromatic rings. The van der Waals surface area contributed by atoms with E-state index in [2.05, 4.69) is 20.5 Å². The van der Waals surface area contributed by atoms with Gasteiger partial charge in [-0.2, -0.15) is 4.68 Å². The monoisotopic (exact) mass is 269 g/mol. The van der Waals surface area contributed by atoms with Crippen LogP contribution in [-0.4, -0.2) is 24.7 Å². The molecule has 0 aliphatic carbocycles. The van der Waals surface area contributed by atoms with Crippen LogP contribution in [0.2, 0.25) is 5.02 Å². The zero-order chi connectivity index (χ0) is 13.1. The molecule has 0 aliphatic rings. The van der Waals surface area contributed by atoms with E-state index in [0.717, 1.165) is 0 Å². The third kappa shape index (κ3) is 2.52. The molecule has 0 bridgehead atoms. The number of nitrogen functional groups attached to an aromatic ring is 1. The Hall–Kier alpha value is -2.26. The van der Waals surface area contributed by atoms with Crippen LogP contribution in [-0.2, 0) is 6.54 Å². The molecule has 0 atom stereocenters. The molecule has 0 saturated heterocycles. The van der Waals surface area contributed by atoms with Gasteiger partial charge < -0.3 is 15.5 Å². The van der Waals surface area contributed by atoms with Crippen LogP contribution in [0.1, 0.15) is 5.69 Å². The summed E-state index contributed by atoms with van der Waals surface area (Å²) in [5.74, 6) is 5.18. The van der Waals surface area contributed by atoms with Crippen LogP contribution < -0.4 is 11.3 Å². The zero-order valence-electron chi connectivity index (χ0n) is 8.95. The van der Waals surface area contributed by atoms with Gasteiger partial charge in [-0.3, -0.25) is 4.98 Å². The Balaban J connectivity index is 2.18. The molecule has 0 unspecified atom stereocenters. The Labute approximate surface area is 106 Å². The summed E-state index contributed by atoms with van der Waals surface area (Å²) in [4.78, 5) is 17.9. The molecule has 0 saturated carbocycles. The minimum Gasteiger partial charge on any atom is -0.358 e. The SMILES string of the molecule is NNc1cnc(Cn2cc(Cl)c([N+](=O)[O-])n2)cn1. The maximum Gasteiger partial charge on any atom is 0.408 e. The maximum absolute atomic E-state index is 10.6. The molecule has 9 nitrogen and oxygen atoms in total. The molecule has 0 amide bonds. The Kier molecular flexibility index (Phi) is 3.35. The van der Waals surface area contributed by atoms with Gasteiger partial charge in [0.05, 0.1) is 29.4 Å². The molecule has 2 heterocycles. The number of hydrogen-bond acceptors (Lipinski definition) is 7.